The third kappa shape index (κ3) is 3.58. The molecule has 0 radical (unpaired) electrons. The lowest BCUT2D eigenvalue weighted by atomic mass is 10.2. The summed E-state index contributed by atoms with van der Waals surface area (Å²) in [5.74, 6) is -0.489. The van der Waals surface area contributed by atoms with Crippen LogP contribution >= 0.6 is 0 Å². The third-order valence-electron chi connectivity index (χ3n) is 2.55. The maximum absolute atomic E-state index is 11.6. The average molecular weight is 240 g/mol. The van der Waals surface area contributed by atoms with Gasteiger partial charge < -0.3 is 14.5 Å². The van der Waals surface area contributed by atoms with E-state index in [1.807, 2.05) is 0 Å². The van der Waals surface area contributed by atoms with Gasteiger partial charge in [-0.25, -0.2) is 0 Å². The third-order valence-corrected chi connectivity index (χ3v) is 2.55. The van der Waals surface area contributed by atoms with Gasteiger partial charge in [-0.2, -0.15) is 0 Å². The first-order chi connectivity index (χ1) is 7.91. The van der Waals surface area contributed by atoms with Crippen LogP contribution in [0.5, 0.6) is 0 Å². The van der Waals surface area contributed by atoms with E-state index >= 15 is 0 Å². The molecule has 6 nitrogen and oxygen atoms in total. The van der Waals surface area contributed by atoms with E-state index in [1.165, 1.54) is 4.90 Å². The van der Waals surface area contributed by atoms with Gasteiger partial charge in [0.05, 0.1) is 18.7 Å². The molecular weight excluding hydrogens is 224 g/mol. The minimum atomic E-state index is -0.968. The van der Waals surface area contributed by atoms with Gasteiger partial charge in [-0.05, 0) is 13.8 Å². The van der Waals surface area contributed by atoms with Crippen LogP contribution in [0, 0.1) is 13.8 Å². The zero-order chi connectivity index (χ0) is 13.0. The highest BCUT2D eigenvalue weighted by molar-refractivity contribution is 5.80. The molecule has 0 aromatic carbocycles. The molecule has 0 bridgehead atoms. The van der Waals surface area contributed by atoms with Crippen LogP contribution in [0.3, 0.4) is 0 Å². The van der Waals surface area contributed by atoms with Crippen molar-refractivity contribution in [3.63, 3.8) is 0 Å². The molecule has 1 amide bonds. The maximum atomic E-state index is 11.6. The van der Waals surface area contributed by atoms with Gasteiger partial charge in [0, 0.05) is 19.0 Å². The molecule has 0 aliphatic heterocycles. The van der Waals surface area contributed by atoms with Gasteiger partial charge in [-0.3, -0.25) is 9.59 Å². The van der Waals surface area contributed by atoms with Crippen LogP contribution in [0.4, 0.5) is 0 Å². The molecule has 0 saturated heterocycles. The van der Waals surface area contributed by atoms with Gasteiger partial charge in [0.1, 0.15) is 5.76 Å². The number of rotatable bonds is 5. The summed E-state index contributed by atoms with van der Waals surface area (Å²) in [6.07, 6.45) is -0.139. The normalized spacial score (nSPS) is 10.3. The molecule has 0 aliphatic carbocycles. The summed E-state index contributed by atoms with van der Waals surface area (Å²) in [4.78, 5) is 23.4. The number of carboxylic acids is 1. The Morgan fingerprint density at radius 3 is 2.47 bits per heavy atom. The zero-order valence-electron chi connectivity index (χ0n) is 10.2. The smallest absolute Gasteiger partial charge is 0.303 e. The van der Waals surface area contributed by atoms with Gasteiger partial charge in [0.15, 0.2) is 0 Å². The van der Waals surface area contributed by atoms with E-state index in [-0.39, 0.29) is 18.7 Å². The predicted octanol–water partition coefficient (Wildman–Crippen LogP) is 1.11. The fourth-order valence-electron chi connectivity index (χ4n) is 1.46. The van der Waals surface area contributed by atoms with Crippen molar-refractivity contribution in [1.29, 1.82) is 0 Å². The molecule has 94 valence electrons. The molecule has 0 saturated carbocycles. The van der Waals surface area contributed by atoms with Crippen LogP contribution in [0.25, 0.3) is 0 Å². The van der Waals surface area contributed by atoms with E-state index in [4.69, 9.17) is 9.63 Å². The Morgan fingerprint density at radius 1 is 1.35 bits per heavy atom. The lowest BCUT2D eigenvalue weighted by Gasteiger charge is -2.16. The number of aromatic nitrogens is 1. The van der Waals surface area contributed by atoms with Crippen molar-refractivity contribution in [2.45, 2.75) is 33.2 Å². The van der Waals surface area contributed by atoms with Gasteiger partial charge >= 0.3 is 5.97 Å². The number of hydrogen-bond donors (Lipinski definition) is 1. The van der Waals surface area contributed by atoms with E-state index in [1.54, 1.807) is 20.9 Å². The molecule has 0 aliphatic rings. The molecule has 0 unspecified atom stereocenters. The lowest BCUT2D eigenvalue weighted by molar-refractivity contribution is -0.140. The highest BCUT2D eigenvalue weighted by Gasteiger charge is 2.15. The van der Waals surface area contributed by atoms with Crippen molar-refractivity contribution in [3.05, 3.63) is 17.0 Å². The molecule has 1 rings (SSSR count). The van der Waals surface area contributed by atoms with Crippen LogP contribution < -0.4 is 0 Å². The number of carbonyl (C=O) groups is 2. The Hall–Kier alpha value is -1.85. The van der Waals surface area contributed by atoms with E-state index in [0.29, 0.717) is 12.3 Å². The van der Waals surface area contributed by atoms with E-state index in [2.05, 4.69) is 5.16 Å². The number of aliphatic carboxylic acids is 1. The van der Waals surface area contributed by atoms with Crippen molar-refractivity contribution in [2.75, 3.05) is 7.05 Å². The Labute approximate surface area is 99.2 Å². The van der Waals surface area contributed by atoms with Crippen molar-refractivity contribution >= 4 is 11.9 Å². The molecule has 1 heterocycles. The zero-order valence-corrected chi connectivity index (χ0v) is 10.2. The SMILES string of the molecule is Cc1noc(C)c1CN(C)C(=O)CCC(=O)O. The van der Waals surface area contributed by atoms with Crippen molar-refractivity contribution in [2.24, 2.45) is 0 Å². The fourth-order valence-corrected chi connectivity index (χ4v) is 1.46. The fraction of sp³-hybridized carbons (Fsp3) is 0.545. The first-order valence-electron chi connectivity index (χ1n) is 5.29. The van der Waals surface area contributed by atoms with Gasteiger partial charge in [-0.15, -0.1) is 0 Å². The van der Waals surface area contributed by atoms with E-state index in [9.17, 15) is 9.59 Å². The first-order valence-corrected chi connectivity index (χ1v) is 5.29. The van der Waals surface area contributed by atoms with Gasteiger partial charge in [-0.1, -0.05) is 5.16 Å². The second kappa shape index (κ2) is 5.47. The number of carboxylic acid groups (broad SMARTS) is 1. The van der Waals surface area contributed by atoms with Crippen LogP contribution in [0.15, 0.2) is 4.52 Å². The molecule has 0 atom stereocenters. The monoisotopic (exact) mass is 240 g/mol. The standard InChI is InChI=1S/C11H16N2O4/c1-7-9(8(2)17-12-7)6-13(3)10(14)4-5-11(15)16/h4-6H2,1-3H3,(H,15,16). The summed E-state index contributed by atoms with van der Waals surface area (Å²) in [6.45, 7) is 3.98. The lowest BCUT2D eigenvalue weighted by Crippen LogP contribution is -2.26. The molecule has 6 heteroatoms. The summed E-state index contributed by atoms with van der Waals surface area (Å²) in [5, 5.41) is 12.3. The number of hydrogen-bond acceptors (Lipinski definition) is 4. The molecular formula is C11H16N2O4. The molecule has 0 fully saturated rings. The minimum absolute atomic E-state index is 0.00914. The van der Waals surface area contributed by atoms with Crippen LogP contribution in [-0.2, 0) is 16.1 Å². The Kier molecular flexibility index (Phi) is 4.25. The Bertz CT molecular complexity index is 406. The Balaban J connectivity index is 2.57. The second-order valence-electron chi connectivity index (χ2n) is 3.95. The second-order valence-corrected chi connectivity index (χ2v) is 3.95. The number of nitrogens with zero attached hydrogens (tertiary/aromatic N) is 2. The summed E-state index contributed by atoms with van der Waals surface area (Å²) in [7, 11) is 1.63. The molecule has 1 aromatic heterocycles. The first kappa shape index (κ1) is 13.2. The molecule has 1 N–H and O–H groups in total. The summed E-state index contributed by atoms with van der Waals surface area (Å²) in [6, 6.07) is 0. The molecule has 0 spiro atoms. The number of carbonyl (C=O) groups excluding carboxylic acids is 1. The van der Waals surface area contributed by atoms with E-state index < -0.39 is 5.97 Å². The van der Waals surface area contributed by atoms with Crippen LogP contribution in [0.1, 0.15) is 29.9 Å². The van der Waals surface area contributed by atoms with Crippen molar-refractivity contribution in [3.8, 4) is 0 Å². The number of aryl methyl sites for hydroxylation is 2. The average Bonchev–Trinajstić information content (AvgIpc) is 2.57. The minimum Gasteiger partial charge on any atom is -0.481 e. The van der Waals surface area contributed by atoms with E-state index in [0.717, 1.165) is 11.3 Å². The molecule has 1 aromatic rings. The van der Waals surface area contributed by atoms with Gasteiger partial charge in [0.25, 0.3) is 0 Å². The largest absolute Gasteiger partial charge is 0.481 e. The topological polar surface area (TPSA) is 83.6 Å². The summed E-state index contributed by atoms with van der Waals surface area (Å²) in [5.41, 5.74) is 1.62. The maximum Gasteiger partial charge on any atom is 0.303 e. The predicted molar refractivity (Wildman–Crippen MR) is 59.3 cm³/mol. The van der Waals surface area contributed by atoms with Crippen molar-refractivity contribution < 1.29 is 19.2 Å². The highest BCUT2D eigenvalue weighted by Crippen LogP contribution is 2.14. The molecule has 17 heavy (non-hydrogen) atoms. The number of amides is 1. The Morgan fingerprint density at radius 2 is 2.00 bits per heavy atom. The quantitative estimate of drug-likeness (QED) is 0.833. The van der Waals surface area contributed by atoms with Crippen molar-refractivity contribution in [1.82, 2.24) is 10.1 Å². The van der Waals surface area contributed by atoms with Crippen LogP contribution in [0.2, 0.25) is 0 Å². The van der Waals surface area contributed by atoms with Crippen LogP contribution in [-0.4, -0.2) is 34.1 Å². The van der Waals surface area contributed by atoms with Gasteiger partial charge in [0.2, 0.25) is 5.91 Å². The summed E-state index contributed by atoms with van der Waals surface area (Å²) >= 11 is 0. The summed E-state index contributed by atoms with van der Waals surface area (Å²) < 4.78 is 4.99. The highest BCUT2D eigenvalue weighted by atomic mass is 16.5.